The smallest absolute Gasteiger partial charge is 0 e. The molecular formula is C6H10Ru2. The van der Waals surface area contributed by atoms with Gasteiger partial charge in [-0.1, -0.05) is 24.3 Å². The summed E-state index contributed by atoms with van der Waals surface area (Å²) in [4.78, 5) is 0. The van der Waals surface area contributed by atoms with Gasteiger partial charge in [-0.05, 0) is 13.8 Å². The molecule has 0 atom stereocenters. The van der Waals surface area contributed by atoms with Gasteiger partial charge in [-0.2, -0.15) is 0 Å². The van der Waals surface area contributed by atoms with Crippen molar-refractivity contribution in [1.82, 2.24) is 0 Å². The fourth-order valence-electron chi connectivity index (χ4n) is 0. The second-order valence-corrected chi connectivity index (χ2v) is 1.56. The molecule has 0 bridgehead atoms. The van der Waals surface area contributed by atoms with Crippen molar-refractivity contribution in [1.29, 1.82) is 0 Å². The Morgan fingerprint density at radius 2 is 1.00 bits per heavy atom. The Hall–Kier alpha value is 0.727. The van der Waals surface area contributed by atoms with E-state index in [1.54, 1.807) is 0 Å². The number of rotatable bonds is 1. The summed E-state index contributed by atoms with van der Waals surface area (Å²) >= 11 is 0. The average molecular weight is 284 g/mol. The molecule has 0 aliphatic carbocycles. The minimum Gasteiger partial charge on any atom is -0.0959 e. The zero-order chi connectivity index (χ0) is 5.15. The molecule has 0 aliphatic rings. The molecule has 0 fully saturated rings. The standard InChI is InChI=1S/C6H10.2Ru/c1-5(2)6(3)4;;/h1,3H2,2,4H3;;. The average Bonchev–Trinajstić information content (AvgIpc) is 1.36. The fourth-order valence-corrected chi connectivity index (χ4v) is 0. The van der Waals surface area contributed by atoms with Crippen LogP contribution in [0.3, 0.4) is 0 Å². The summed E-state index contributed by atoms with van der Waals surface area (Å²) in [7, 11) is 0. The van der Waals surface area contributed by atoms with Crippen LogP contribution < -0.4 is 0 Å². The summed E-state index contributed by atoms with van der Waals surface area (Å²) in [6.07, 6.45) is 0. The minimum absolute atomic E-state index is 0. The first-order valence-electron chi connectivity index (χ1n) is 1.96. The molecule has 50 valence electrons. The number of allylic oxidation sites excluding steroid dienone is 2. The van der Waals surface area contributed by atoms with Crippen molar-refractivity contribution in [2.45, 2.75) is 13.8 Å². The number of hydrogen-bond donors (Lipinski definition) is 0. The summed E-state index contributed by atoms with van der Waals surface area (Å²) in [6.45, 7) is 11.2. The van der Waals surface area contributed by atoms with Crippen molar-refractivity contribution >= 4 is 0 Å². The molecule has 2 heteroatoms. The second kappa shape index (κ2) is 7.73. The Kier molecular flexibility index (Phi) is 15.3. The van der Waals surface area contributed by atoms with Gasteiger partial charge in [-0.3, -0.25) is 0 Å². The Balaban J connectivity index is -0.000000125. The maximum absolute atomic E-state index is 3.66. The van der Waals surface area contributed by atoms with E-state index in [0.717, 1.165) is 11.1 Å². The van der Waals surface area contributed by atoms with Crippen LogP contribution >= 0.6 is 0 Å². The van der Waals surface area contributed by atoms with E-state index in [1.807, 2.05) is 13.8 Å². The molecule has 0 aromatic rings. The predicted octanol–water partition coefficient (Wildman–Crippen LogP) is 2.13. The van der Waals surface area contributed by atoms with E-state index in [0.29, 0.717) is 0 Å². The third-order valence-electron chi connectivity index (χ3n) is 0.729. The van der Waals surface area contributed by atoms with Gasteiger partial charge in [0.25, 0.3) is 0 Å². The summed E-state index contributed by atoms with van der Waals surface area (Å²) in [6, 6.07) is 0. The quantitative estimate of drug-likeness (QED) is 0.511. The molecule has 0 unspecified atom stereocenters. The van der Waals surface area contributed by atoms with Crippen LogP contribution in [-0.2, 0) is 39.0 Å². The molecule has 0 nitrogen and oxygen atoms in total. The third-order valence-corrected chi connectivity index (χ3v) is 0.729. The van der Waals surface area contributed by atoms with E-state index in [1.165, 1.54) is 0 Å². The van der Waals surface area contributed by atoms with Crippen LogP contribution in [0.2, 0.25) is 0 Å². The molecule has 0 heterocycles. The topological polar surface area (TPSA) is 0 Å². The van der Waals surface area contributed by atoms with E-state index in [-0.39, 0.29) is 39.0 Å². The predicted molar refractivity (Wildman–Crippen MR) is 29.6 cm³/mol. The van der Waals surface area contributed by atoms with Gasteiger partial charge < -0.3 is 0 Å². The van der Waals surface area contributed by atoms with Crippen LogP contribution in [0.1, 0.15) is 13.8 Å². The Labute approximate surface area is 77.0 Å². The van der Waals surface area contributed by atoms with Crippen molar-refractivity contribution < 1.29 is 39.0 Å². The van der Waals surface area contributed by atoms with Crippen molar-refractivity contribution in [3.63, 3.8) is 0 Å². The van der Waals surface area contributed by atoms with Crippen LogP contribution in [0, 0.1) is 0 Å². The summed E-state index contributed by atoms with van der Waals surface area (Å²) < 4.78 is 0. The van der Waals surface area contributed by atoms with E-state index >= 15 is 0 Å². The van der Waals surface area contributed by atoms with Gasteiger partial charge in [0.15, 0.2) is 0 Å². The molecule has 0 amide bonds. The molecule has 0 spiro atoms. The first-order chi connectivity index (χ1) is 2.64. The Bertz CT molecular complexity index is 72.5. The van der Waals surface area contributed by atoms with E-state index in [9.17, 15) is 0 Å². The van der Waals surface area contributed by atoms with E-state index in [2.05, 4.69) is 13.2 Å². The molecule has 0 rings (SSSR count). The van der Waals surface area contributed by atoms with Crippen molar-refractivity contribution in [3.05, 3.63) is 24.3 Å². The van der Waals surface area contributed by atoms with Gasteiger partial charge in [-0.25, -0.2) is 0 Å². The molecule has 0 radical (unpaired) electrons. The van der Waals surface area contributed by atoms with Crippen molar-refractivity contribution in [2.24, 2.45) is 0 Å². The third kappa shape index (κ3) is 9.87. The van der Waals surface area contributed by atoms with Gasteiger partial charge in [0.2, 0.25) is 0 Å². The summed E-state index contributed by atoms with van der Waals surface area (Å²) in [5, 5.41) is 0. The van der Waals surface area contributed by atoms with Crippen LogP contribution in [0.15, 0.2) is 24.3 Å². The Morgan fingerprint density at radius 3 is 1.00 bits per heavy atom. The van der Waals surface area contributed by atoms with Crippen LogP contribution in [0.4, 0.5) is 0 Å². The molecule has 0 saturated heterocycles. The van der Waals surface area contributed by atoms with Crippen LogP contribution in [-0.4, -0.2) is 0 Å². The monoisotopic (exact) mass is 286 g/mol. The minimum atomic E-state index is 0. The first-order valence-corrected chi connectivity index (χ1v) is 1.96. The molecule has 0 N–H and O–H groups in total. The molecule has 0 saturated carbocycles. The second-order valence-electron chi connectivity index (χ2n) is 1.56. The first kappa shape index (κ1) is 15.9. The van der Waals surface area contributed by atoms with Gasteiger partial charge in [0, 0.05) is 39.0 Å². The maximum atomic E-state index is 3.66. The van der Waals surface area contributed by atoms with Crippen molar-refractivity contribution in [2.75, 3.05) is 0 Å². The van der Waals surface area contributed by atoms with Crippen LogP contribution in [0.5, 0.6) is 0 Å². The van der Waals surface area contributed by atoms with Crippen molar-refractivity contribution in [3.8, 4) is 0 Å². The van der Waals surface area contributed by atoms with E-state index in [4.69, 9.17) is 0 Å². The zero-order valence-corrected chi connectivity index (χ0v) is 8.60. The molecular weight excluding hydrogens is 274 g/mol. The normalized spacial score (nSPS) is 5.75. The number of hydrogen-bond acceptors (Lipinski definition) is 0. The maximum Gasteiger partial charge on any atom is 0 e. The van der Waals surface area contributed by atoms with Gasteiger partial charge in [-0.15, -0.1) is 0 Å². The zero-order valence-electron chi connectivity index (χ0n) is 5.12. The Morgan fingerprint density at radius 1 is 0.875 bits per heavy atom. The molecule has 8 heavy (non-hydrogen) atoms. The van der Waals surface area contributed by atoms with Crippen LogP contribution in [0.25, 0.3) is 0 Å². The van der Waals surface area contributed by atoms with E-state index < -0.39 is 0 Å². The largest absolute Gasteiger partial charge is 0.0959 e. The van der Waals surface area contributed by atoms with Gasteiger partial charge >= 0.3 is 0 Å². The molecule has 0 aromatic heterocycles. The fraction of sp³-hybridized carbons (Fsp3) is 0.333. The summed E-state index contributed by atoms with van der Waals surface area (Å²) in [5.41, 5.74) is 2.13. The van der Waals surface area contributed by atoms with Gasteiger partial charge in [0.1, 0.15) is 0 Å². The molecule has 0 aliphatic heterocycles. The SMILES string of the molecule is C=C(C)C(=C)C.[Ru].[Ru]. The molecule has 0 aromatic carbocycles. The summed E-state index contributed by atoms with van der Waals surface area (Å²) in [5.74, 6) is 0. The van der Waals surface area contributed by atoms with Gasteiger partial charge in [0.05, 0.1) is 0 Å².